The average Bonchev–Trinajstić information content (AvgIpc) is 3.26. The quantitative estimate of drug-likeness (QED) is 0.846. The zero-order valence-electron chi connectivity index (χ0n) is 13.1. The number of aromatic nitrogens is 1. The molecule has 0 atom stereocenters. The maximum Gasteiger partial charge on any atom is 0.252 e. The maximum absolute atomic E-state index is 12.5. The van der Waals surface area contributed by atoms with Crippen LogP contribution in [0.4, 0.5) is 0 Å². The van der Waals surface area contributed by atoms with E-state index in [0.29, 0.717) is 23.8 Å². The van der Waals surface area contributed by atoms with E-state index in [9.17, 15) is 13.2 Å². The molecule has 2 aromatic heterocycles. The van der Waals surface area contributed by atoms with E-state index in [1.807, 2.05) is 18.2 Å². The van der Waals surface area contributed by atoms with E-state index in [1.54, 1.807) is 18.3 Å². The molecule has 3 rings (SSSR count). The fourth-order valence-corrected chi connectivity index (χ4v) is 5.59. The van der Waals surface area contributed by atoms with Crippen molar-refractivity contribution >= 4 is 27.3 Å². The minimum absolute atomic E-state index is 0.146. The second-order valence-corrected chi connectivity index (χ2v) is 8.94. The lowest BCUT2D eigenvalue weighted by molar-refractivity contribution is -0.120. The highest BCUT2D eigenvalue weighted by atomic mass is 32.2. The molecule has 1 aliphatic heterocycles. The third-order valence-electron chi connectivity index (χ3n) is 3.82. The Morgan fingerprint density at radius 1 is 1.21 bits per heavy atom. The summed E-state index contributed by atoms with van der Waals surface area (Å²) in [5, 5.41) is 2.80. The van der Waals surface area contributed by atoms with Gasteiger partial charge < -0.3 is 5.32 Å². The minimum Gasteiger partial charge on any atom is -0.350 e. The fraction of sp³-hybridized carbons (Fsp3) is 0.375. The molecule has 1 aliphatic rings. The van der Waals surface area contributed by atoms with Gasteiger partial charge in [0.05, 0.1) is 18.7 Å². The number of pyridine rings is 1. The third kappa shape index (κ3) is 4.00. The molecule has 8 heteroatoms. The van der Waals surface area contributed by atoms with Crippen molar-refractivity contribution in [2.75, 3.05) is 13.1 Å². The maximum atomic E-state index is 12.5. The Morgan fingerprint density at radius 2 is 2.00 bits per heavy atom. The molecule has 3 heterocycles. The Balaban J connectivity index is 1.58. The lowest BCUT2D eigenvalue weighted by atomic mass is 10.3. The van der Waals surface area contributed by atoms with Crippen LogP contribution in [0.1, 0.15) is 23.4 Å². The molecule has 1 amide bonds. The summed E-state index contributed by atoms with van der Waals surface area (Å²) in [6.07, 6.45) is 3.67. The van der Waals surface area contributed by atoms with Crippen LogP contribution in [0.25, 0.3) is 0 Å². The number of hydrogen-bond donors (Lipinski definition) is 1. The highest BCUT2D eigenvalue weighted by molar-refractivity contribution is 7.91. The summed E-state index contributed by atoms with van der Waals surface area (Å²) in [6, 6.07) is 8.84. The van der Waals surface area contributed by atoms with Crippen LogP contribution in [0.3, 0.4) is 0 Å². The molecule has 6 nitrogen and oxygen atoms in total. The standard InChI is InChI=1S/C16H19N3O3S2/c20-15(18-12-13-5-1-2-8-17-13)11-14-6-7-16(23-14)24(21,22)19-9-3-4-10-19/h1-2,5-8H,3-4,9-12H2,(H,18,20). The summed E-state index contributed by atoms with van der Waals surface area (Å²) >= 11 is 1.17. The number of nitrogens with zero attached hydrogens (tertiary/aromatic N) is 2. The van der Waals surface area contributed by atoms with E-state index in [4.69, 9.17) is 0 Å². The van der Waals surface area contributed by atoms with Gasteiger partial charge in [-0.1, -0.05) is 6.07 Å². The van der Waals surface area contributed by atoms with E-state index >= 15 is 0 Å². The lowest BCUT2D eigenvalue weighted by Gasteiger charge is -2.13. The predicted octanol–water partition coefficient (Wildman–Crippen LogP) is 1.79. The van der Waals surface area contributed by atoms with E-state index in [2.05, 4.69) is 10.3 Å². The zero-order valence-corrected chi connectivity index (χ0v) is 14.8. The van der Waals surface area contributed by atoms with Crippen LogP contribution in [0.5, 0.6) is 0 Å². The molecule has 2 aromatic rings. The first kappa shape index (κ1) is 17.1. The molecule has 0 radical (unpaired) electrons. The summed E-state index contributed by atoms with van der Waals surface area (Å²) in [5.41, 5.74) is 0.786. The molecule has 0 unspecified atom stereocenters. The van der Waals surface area contributed by atoms with Crippen molar-refractivity contribution in [2.24, 2.45) is 0 Å². The summed E-state index contributed by atoms with van der Waals surface area (Å²) in [7, 11) is -3.40. The van der Waals surface area contributed by atoms with Gasteiger partial charge in [0.15, 0.2) is 0 Å². The van der Waals surface area contributed by atoms with Crippen LogP contribution in [0, 0.1) is 0 Å². The summed E-state index contributed by atoms with van der Waals surface area (Å²) in [6.45, 7) is 1.53. The van der Waals surface area contributed by atoms with Crippen LogP contribution in [0.15, 0.2) is 40.7 Å². The summed E-state index contributed by atoms with van der Waals surface area (Å²) in [4.78, 5) is 16.9. The molecule has 128 valence electrons. The van der Waals surface area contributed by atoms with Crippen LogP contribution >= 0.6 is 11.3 Å². The van der Waals surface area contributed by atoms with Gasteiger partial charge in [0.25, 0.3) is 10.0 Å². The second kappa shape index (κ2) is 7.42. The highest BCUT2D eigenvalue weighted by Crippen LogP contribution is 2.27. The molecule has 0 bridgehead atoms. The molecule has 0 saturated carbocycles. The van der Waals surface area contributed by atoms with Gasteiger partial charge >= 0.3 is 0 Å². The highest BCUT2D eigenvalue weighted by Gasteiger charge is 2.28. The molecule has 1 saturated heterocycles. The van der Waals surface area contributed by atoms with Crippen molar-refractivity contribution in [3.05, 3.63) is 47.1 Å². The van der Waals surface area contributed by atoms with Crippen molar-refractivity contribution in [1.82, 2.24) is 14.6 Å². The Bertz CT molecular complexity index is 797. The molecule has 0 aliphatic carbocycles. The molecule has 0 aromatic carbocycles. The van der Waals surface area contributed by atoms with Gasteiger partial charge in [-0.2, -0.15) is 4.31 Å². The monoisotopic (exact) mass is 365 g/mol. The van der Waals surface area contributed by atoms with Gasteiger partial charge in [-0.15, -0.1) is 11.3 Å². The van der Waals surface area contributed by atoms with Crippen LogP contribution in [-0.4, -0.2) is 36.7 Å². The third-order valence-corrected chi connectivity index (χ3v) is 7.28. The second-order valence-electron chi connectivity index (χ2n) is 5.61. The topological polar surface area (TPSA) is 79.4 Å². The van der Waals surface area contributed by atoms with Gasteiger partial charge in [0, 0.05) is 24.2 Å². The Hall–Kier alpha value is -1.77. The van der Waals surface area contributed by atoms with Crippen molar-refractivity contribution in [1.29, 1.82) is 0 Å². The number of carbonyl (C=O) groups is 1. The molecular weight excluding hydrogens is 346 g/mol. The van der Waals surface area contributed by atoms with Crippen molar-refractivity contribution in [3.63, 3.8) is 0 Å². The number of thiophene rings is 1. The predicted molar refractivity (Wildman–Crippen MR) is 92.1 cm³/mol. The van der Waals surface area contributed by atoms with E-state index in [1.165, 1.54) is 15.6 Å². The zero-order chi connectivity index (χ0) is 17.0. The molecule has 24 heavy (non-hydrogen) atoms. The largest absolute Gasteiger partial charge is 0.350 e. The Morgan fingerprint density at radius 3 is 2.71 bits per heavy atom. The fourth-order valence-electron chi connectivity index (χ4n) is 2.56. The van der Waals surface area contributed by atoms with Gasteiger partial charge in [-0.05, 0) is 37.1 Å². The van der Waals surface area contributed by atoms with Gasteiger partial charge in [-0.25, -0.2) is 8.42 Å². The van der Waals surface area contributed by atoms with Crippen LogP contribution < -0.4 is 5.32 Å². The van der Waals surface area contributed by atoms with E-state index in [0.717, 1.165) is 23.4 Å². The van der Waals surface area contributed by atoms with Gasteiger partial charge in [0.2, 0.25) is 5.91 Å². The van der Waals surface area contributed by atoms with Crippen molar-refractivity contribution < 1.29 is 13.2 Å². The first-order valence-electron chi connectivity index (χ1n) is 7.81. The number of amides is 1. The molecule has 1 fully saturated rings. The van der Waals surface area contributed by atoms with E-state index < -0.39 is 10.0 Å². The Kier molecular flexibility index (Phi) is 5.27. The van der Waals surface area contributed by atoms with Gasteiger partial charge in [-0.3, -0.25) is 9.78 Å². The minimum atomic E-state index is -3.40. The molecular formula is C16H19N3O3S2. The Labute approximate surface area is 145 Å². The first-order valence-corrected chi connectivity index (χ1v) is 10.1. The summed E-state index contributed by atoms with van der Waals surface area (Å²) < 4.78 is 26.8. The van der Waals surface area contributed by atoms with Crippen LogP contribution in [-0.2, 0) is 27.8 Å². The van der Waals surface area contributed by atoms with E-state index in [-0.39, 0.29) is 12.3 Å². The van der Waals surface area contributed by atoms with Gasteiger partial charge in [0.1, 0.15) is 4.21 Å². The number of rotatable bonds is 6. The lowest BCUT2D eigenvalue weighted by Crippen LogP contribution is -2.27. The number of nitrogens with one attached hydrogen (secondary N) is 1. The van der Waals surface area contributed by atoms with Crippen molar-refractivity contribution in [2.45, 2.75) is 30.0 Å². The SMILES string of the molecule is O=C(Cc1ccc(S(=O)(=O)N2CCCC2)s1)NCc1ccccn1. The van der Waals surface area contributed by atoms with Crippen molar-refractivity contribution in [3.8, 4) is 0 Å². The normalized spacial score (nSPS) is 15.5. The number of hydrogen-bond acceptors (Lipinski definition) is 5. The summed E-state index contributed by atoms with van der Waals surface area (Å²) in [5.74, 6) is -0.146. The smallest absolute Gasteiger partial charge is 0.252 e. The number of carbonyl (C=O) groups excluding carboxylic acids is 1. The number of sulfonamides is 1. The van der Waals surface area contributed by atoms with Crippen LogP contribution in [0.2, 0.25) is 0 Å². The average molecular weight is 365 g/mol. The molecule has 0 spiro atoms. The molecule has 1 N–H and O–H groups in total. The first-order chi connectivity index (χ1) is 11.6.